The fraction of sp³-hybridized carbons (Fsp3) is 0.188. The Morgan fingerprint density at radius 2 is 2.29 bits per heavy atom. The standard InChI is InChI=1S/C16H15N3O2/c1-10(20)11-7-8-14-15(9-11)18-16(17-14)12-5-3-4-6-13(12)19-21-2/h3-5,7-9H,6H2,1-2H3,(H,17,18)/b19-13+. The molecule has 0 aliphatic heterocycles. The van der Waals surface area contributed by atoms with E-state index in [1.807, 2.05) is 30.4 Å². The van der Waals surface area contributed by atoms with E-state index in [0.717, 1.165) is 28.1 Å². The first-order valence-corrected chi connectivity index (χ1v) is 6.67. The number of fused-ring (bicyclic) bond motifs is 1. The first-order chi connectivity index (χ1) is 10.2. The van der Waals surface area contributed by atoms with Crippen LogP contribution in [0, 0.1) is 0 Å². The number of ketones is 1. The molecule has 5 nitrogen and oxygen atoms in total. The minimum Gasteiger partial charge on any atom is -0.399 e. The monoisotopic (exact) mass is 281 g/mol. The summed E-state index contributed by atoms with van der Waals surface area (Å²) in [5.74, 6) is 0.764. The lowest BCUT2D eigenvalue weighted by Gasteiger charge is -2.08. The van der Waals surface area contributed by atoms with E-state index in [1.54, 1.807) is 13.0 Å². The summed E-state index contributed by atoms with van der Waals surface area (Å²) in [6, 6.07) is 5.45. The first kappa shape index (κ1) is 13.3. The van der Waals surface area contributed by atoms with Gasteiger partial charge in [-0.3, -0.25) is 4.79 Å². The highest BCUT2D eigenvalue weighted by molar-refractivity contribution is 6.24. The molecule has 2 aromatic rings. The number of carbonyl (C=O) groups excluding carboxylic acids is 1. The van der Waals surface area contributed by atoms with Crippen LogP contribution in [-0.2, 0) is 4.84 Å². The number of hydrogen-bond acceptors (Lipinski definition) is 4. The second kappa shape index (κ2) is 5.36. The lowest BCUT2D eigenvalue weighted by atomic mass is 10.0. The molecule has 3 rings (SSSR count). The van der Waals surface area contributed by atoms with E-state index in [2.05, 4.69) is 15.1 Å². The van der Waals surface area contributed by atoms with Crippen molar-refractivity contribution in [2.75, 3.05) is 7.11 Å². The predicted molar refractivity (Wildman–Crippen MR) is 82.3 cm³/mol. The fourth-order valence-electron chi connectivity index (χ4n) is 2.32. The molecule has 0 fully saturated rings. The molecule has 0 bridgehead atoms. The fourth-order valence-corrected chi connectivity index (χ4v) is 2.32. The van der Waals surface area contributed by atoms with Gasteiger partial charge in [0.2, 0.25) is 0 Å². The van der Waals surface area contributed by atoms with Gasteiger partial charge in [0, 0.05) is 17.6 Å². The lowest BCUT2D eigenvalue weighted by molar-refractivity contribution is 0.101. The molecule has 106 valence electrons. The number of nitrogens with one attached hydrogen (secondary N) is 1. The molecule has 0 saturated carbocycles. The Kier molecular flexibility index (Phi) is 3.39. The Balaban J connectivity index is 2.08. The number of aromatic nitrogens is 2. The lowest BCUT2D eigenvalue weighted by Crippen LogP contribution is -2.05. The average molecular weight is 281 g/mol. The third-order valence-electron chi connectivity index (χ3n) is 3.37. The maximum atomic E-state index is 11.4. The quantitative estimate of drug-likeness (QED) is 0.694. The molecule has 0 spiro atoms. The molecule has 1 aromatic carbocycles. The van der Waals surface area contributed by atoms with Crippen LogP contribution in [0.1, 0.15) is 29.5 Å². The molecule has 1 aliphatic carbocycles. The Labute approximate surface area is 122 Å². The normalized spacial score (nSPS) is 16.3. The van der Waals surface area contributed by atoms with Crippen LogP contribution < -0.4 is 0 Å². The molecular weight excluding hydrogens is 266 g/mol. The van der Waals surface area contributed by atoms with E-state index < -0.39 is 0 Å². The van der Waals surface area contributed by atoms with Gasteiger partial charge in [-0.05, 0) is 31.2 Å². The number of benzene rings is 1. The van der Waals surface area contributed by atoms with E-state index in [4.69, 9.17) is 4.84 Å². The van der Waals surface area contributed by atoms with Crippen LogP contribution in [0.5, 0.6) is 0 Å². The molecule has 21 heavy (non-hydrogen) atoms. The van der Waals surface area contributed by atoms with Crippen LogP contribution in [0.3, 0.4) is 0 Å². The van der Waals surface area contributed by atoms with Gasteiger partial charge < -0.3 is 9.82 Å². The Bertz CT molecular complexity index is 797. The zero-order valence-electron chi connectivity index (χ0n) is 11.9. The van der Waals surface area contributed by atoms with Crippen LogP contribution >= 0.6 is 0 Å². The maximum absolute atomic E-state index is 11.4. The number of hydrogen-bond donors (Lipinski definition) is 1. The molecule has 0 radical (unpaired) electrons. The van der Waals surface area contributed by atoms with Gasteiger partial charge in [0.15, 0.2) is 5.78 Å². The van der Waals surface area contributed by atoms with Crippen LogP contribution in [0.2, 0.25) is 0 Å². The molecular formula is C16H15N3O2. The van der Waals surface area contributed by atoms with Gasteiger partial charge in [-0.25, -0.2) is 4.98 Å². The number of Topliss-reactive ketones (excluding diaryl/α,β-unsaturated/α-hetero) is 1. The highest BCUT2D eigenvalue weighted by Crippen LogP contribution is 2.23. The van der Waals surface area contributed by atoms with Crippen molar-refractivity contribution in [1.82, 2.24) is 9.97 Å². The van der Waals surface area contributed by atoms with Gasteiger partial charge in [-0.15, -0.1) is 0 Å². The van der Waals surface area contributed by atoms with Crippen LogP contribution in [0.25, 0.3) is 16.6 Å². The zero-order valence-corrected chi connectivity index (χ0v) is 11.9. The Hall–Kier alpha value is -2.69. The summed E-state index contributed by atoms with van der Waals surface area (Å²) in [4.78, 5) is 24.1. The molecule has 0 saturated heterocycles. The largest absolute Gasteiger partial charge is 0.399 e. The molecule has 0 unspecified atom stereocenters. The third kappa shape index (κ3) is 2.50. The smallest absolute Gasteiger partial charge is 0.159 e. The zero-order chi connectivity index (χ0) is 14.8. The molecule has 0 amide bonds. The number of carbonyl (C=O) groups is 1. The van der Waals surface area contributed by atoms with Crippen molar-refractivity contribution in [3.63, 3.8) is 0 Å². The van der Waals surface area contributed by atoms with Gasteiger partial charge in [0.05, 0.1) is 16.7 Å². The summed E-state index contributed by atoms with van der Waals surface area (Å²) in [7, 11) is 1.53. The first-order valence-electron chi connectivity index (χ1n) is 6.67. The number of aromatic amines is 1. The molecule has 1 aromatic heterocycles. The second-order valence-corrected chi connectivity index (χ2v) is 4.81. The number of allylic oxidation sites excluding steroid dienone is 4. The van der Waals surface area contributed by atoms with Gasteiger partial charge in [-0.2, -0.15) is 0 Å². The summed E-state index contributed by atoms with van der Waals surface area (Å²) in [5, 5.41) is 4.04. The number of imidazole rings is 1. The van der Waals surface area contributed by atoms with E-state index in [1.165, 1.54) is 7.11 Å². The summed E-state index contributed by atoms with van der Waals surface area (Å²) in [5.41, 5.74) is 4.05. The Morgan fingerprint density at radius 1 is 1.43 bits per heavy atom. The number of H-pyrrole nitrogens is 1. The van der Waals surface area contributed by atoms with Gasteiger partial charge in [-0.1, -0.05) is 17.3 Å². The van der Waals surface area contributed by atoms with Crippen molar-refractivity contribution in [2.45, 2.75) is 13.3 Å². The van der Waals surface area contributed by atoms with Crippen LogP contribution in [0.4, 0.5) is 0 Å². The van der Waals surface area contributed by atoms with Crippen molar-refractivity contribution >= 4 is 28.1 Å². The minimum absolute atomic E-state index is 0.0366. The van der Waals surface area contributed by atoms with Gasteiger partial charge in [0.25, 0.3) is 0 Å². The number of rotatable bonds is 3. The highest BCUT2D eigenvalue weighted by Gasteiger charge is 2.16. The highest BCUT2D eigenvalue weighted by atomic mass is 16.6. The number of oxime groups is 1. The summed E-state index contributed by atoms with van der Waals surface area (Å²) in [6.07, 6.45) is 6.64. The van der Waals surface area contributed by atoms with Gasteiger partial charge >= 0.3 is 0 Å². The van der Waals surface area contributed by atoms with Crippen LogP contribution in [-0.4, -0.2) is 28.6 Å². The molecule has 1 heterocycles. The minimum atomic E-state index is 0.0366. The third-order valence-corrected chi connectivity index (χ3v) is 3.37. The topological polar surface area (TPSA) is 67.3 Å². The molecule has 1 aliphatic rings. The Morgan fingerprint density at radius 3 is 3.05 bits per heavy atom. The van der Waals surface area contributed by atoms with Crippen LogP contribution in [0.15, 0.2) is 41.6 Å². The summed E-state index contributed by atoms with van der Waals surface area (Å²) < 4.78 is 0. The predicted octanol–water partition coefficient (Wildman–Crippen LogP) is 3.11. The molecule has 1 N–H and O–H groups in total. The number of nitrogens with zero attached hydrogens (tertiary/aromatic N) is 2. The van der Waals surface area contributed by atoms with Crippen molar-refractivity contribution < 1.29 is 9.63 Å². The second-order valence-electron chi connectivity index (χ2n) is 4.81. The van der Waals surface area contributed by atoms with Gasteiger partial charge in [0.1, 0.15) is 12.9 Å². The summed E-state index contributed by atoms with van der Waals surface area (Å²) >= 11 is 0. The molecule has 0 atom stereocenters. The van der Waals surface area contributed by atoms with E-state index in [9.17, 15) is 4.79 Å². The molecule has 5 heteroatoms. The van der Waals surface area contributed by atoms with Crippen molar-refractivity contribution in [3.8, 4) is 0 Å². The average Bonchev–Trinajstić information content (AvgIpc) is 2.90. The van der Waals surface area contributed by atoms with E-state index in [0.29, 0.717) is 12.0 Å². The summed E-state index contributed by atoms with van der Waals surface area (Å²) in [6.45, 7) is 1.55. The van der Waals surface area contributed by atoms with E-state index in [-0.39, 0.29) is 5.78 Å². The van der Waals surface area contributed by atoms with Crippen molar-refractivity contribution in [1.29, 1.82) is 0 Å². The van der Waals surface area contributed by atoms with Crippen molar-refractivity contribution in [2.24, 2.45) is 5.16 Å². The maximum Gasteiger partial charge on any atom is 0.159 e. The SMILES string of the molecule is CO/N=C1\CC=CC=C1c1nc2ccc(C(C)=O)cc2[nH]1. The van der Waals surface area contributed by atoms with Crippen molar-refractivity contribution in [3.05, 3.63) is 47.8 Å². The van der Waals surface area contributed by atoms with E-state index >= 15 is 0 Å².